The maximum atomic E-state index is 9.56. The van der Waals surface area contributed by atoms with Crippen molar-refractivity contribution >= 4 is 15.9 Å². The summed E-state index contributed by atoms with van der Waals surface area (Å²) in [6.45, 7) is 4.06. The van der Waals surface area contributed by atoms with Crippen LogP contribution >= 0.6 is 15.9 Å². The summed E-state index contributed by atoms with van der Waals surface area (Å²) in [5, 5.41) is 9.56. The maximum absolute atomic E-state index is 9.56. The van der Waals surface area contributed by atoms with E-state index in [0.717, 1.165) is 10.0 Å². The summed E-state index contributed by atoms with van der Waals surface area (Å²) in [5.41, 5.74) is 5.67. The number of nitrogens with two attached hydrogens (primary N) is 1. The molecule has 0 bridgehead atoms. The van der Waals surface area contributed by atoms with Gasteiger partial charge in [-0.15, -0.1) is 0 Å². The summed E-state index contributed by atoms with van der Waals surface area (Å²) in [6.07, 6.45) is 0. The van der Waals surface area contributed by atoms with Gasteiger partial charge in [0.2, 0.25) is 0 Å². The van der Waals surface area contributed by atoms with Crippen molar-refractivity contribution in [2.75, 3.05) is 6.61 Å². The normalized spacial score (nSPS) is 11.5. The van der Waals surface area contributed by atoms with Gasteiger partial charge in [-0.25, -0.2) is 0 Å². The number of hydrogen-bond donors (Lipinski definition) is 2. The van der Waals surface area contributed by atoms with Crippen molar-refractivity contribution in [2.24, 2.45) is 5.73 Å². The molecule has 1 rings (SSSR count). The molecule has 0 aliphatic carbocycles. The molecular weight excluding hydrogens is 258 g/mol. The molecular formula is C11H16BrNO2. The third-order valence-corrected chi connectivity index (χ3v) is 2.46. The fourth-order valence-electron chi connectivity index (χ4n) is 1.12. The van der Waals surface area contributed by atoms with Crippen LogP contribution < -0.4 is 10.5 Å². The molecule has 15 heavy (non-hydrogen) atoms. The lowest BCUT2D eigenvalue weighted by Crippen LogP contribution is -2.28. The van der Waals surface area contributed by atoms with Crippen LogP contribution in [0.4, 0.5) is 0 Å². The number of para-hydroxylation sites is 1. The summed E-state index contributed by atoms with van der Waals surface area (Å²) >= 11 is 3.39. The molecule has 0 aliphatic rings. The Morgan fingerprint density at radius 1 is 1.47 bits per heavy atom. The molecule has 0 radical (unpaired) electrons. The minimum Gasteiger partial charge on any atom is -0.489 e. The van der Waals surface area contributed by atoms with E-state index in [1.54, 1.807) is 13.8 Å². The SMILES string of the molecule is CC(C)(O)COc1c(Br)cccc1CN. The molecule has 0 spiro atoms. The van der Waals surface area contributed by atoms with Gasteiger partial charge >= 0.3 is 0 Å². The van der Waals surface area contributed by atoms with Crippen LogP contribution in [-0.4, -0.2) is 17.3 Å². The first-order valence-electron chi connectivity index (χ1n) is 4.76. The molecule has 0 aliphatic heterocycles. The average Bonchev–Trinajstić information content (AvgIpc) is 2.14. The van der Waals surface area contributed by atoms with Crippen LogP contribution in [0.1, 0.15) is 19.4 Å². The highest BCUT2D eigenvalue weighted by atomic mass is 79.9. The first-order chi connectivity index (χ1) is 6.94. The van der Waals surface area contributed by atoms with Crippen molar-refractivity contribution in [1.82, 2.24) is 0 Å². The zero-order valence-corrected chi connectivity index (χ0v) is 10.5. The van der Waals surface area contributed by atoms with Gasteiger partial charge in [0, 0.05) is 12.1 Å². The standard InChI is InChI=1S/C11H16BrNO2/c1-11(2,14)7-15-10-8(6-13)4-3-5-9(10)12/h3-5,14H,6-7,13H2,1-2H3. The average molecular weight is 274 g/mol. The molecule has 0 heterocycles. The van der Waals surface area contributed by atoms with Gasteiger partial charge in [-0.2, -0.15) is 0 Å². The smallest absolute Gasteiger partial charge is 0.138 e. The Morgan fingerprint density at radius 2 is 2.13 bits per heavy atom. The lowest BCUT2D eigenvalue weighted by Gasteiger charge is -2.20. The Labute approximate surface area is 98.4 Å². The van der Waals surface area contributed by atoms with Gasteiger partial charge in [-0.3, -0.25) is 0 Å². The molecule has 0 fully saturated rings. The zero-order valence-electron chi connectivity index (χ0n) is 8.96. The van der Waals surface area contributed by atoms with Crippen LogP contribution in [-0.2, 0) is 6.54 Å². The third-order valence-electron chi connectivity index (χ3n) is 1.84. The lowest BCUT2D eigenvalue weighted by molar-refractivity contribution is 0.0279. The molecule has 84 valence electrons. The quantitative estimate of drug-likeness (QED) is 0.883. The lowest BCUT2D eigenvalue weighted by atomic mass is 10.1. The van der Waals surface area contributed by atoms with E-state index in [4.69, 9.17) is 10.5 Å². The fraction of sp³-hybridized carbons (Fsp3) is 0.455. The summed E-state index contributed by atoms with van der Waals surface area (Å²) in [7, 11) is 0. The predicted octanol–water partition coefficient (Wildman–Crippen LogP) is 2.06. The Bertz CT molecular complexity index is 334. The van der Waals surface area contributed by atoms with Gasteiger partial charge in [0.25, 0.3) is 0 Å². The monoisotopic (exact) mass is 273 g/mol. The molecule has 0 unspecified atom stereocenters. The van der Waals surface area contributed by atoms with E-state index in [2.05, 4.69) is 15.9 Å². The third kappa shape index (κ3) is 3.81. The molecule has 3 nitrogen and oxygen atoms in total. The van der Waals surface area contributed by atoms with Crippen LogP contribution in [0.15, 0.2) is 22.7 Å². The first kappa shape index (κ1) is 12.5. The molecule has 0 amide bonds. The van der Waals surface area contributed by atoms with Crippen LogP contribution in [0.5, 0.6) is 5.75 Å². The topological polar surface area (TPSA) is 55.5 Å². The van der Waals surface area contributed by atoms with E-state index in [9.17, 15) is 5.11 Å². The molecule has 1 aromatic carbocycles. The second-order valence-corrected chi connectivity index (χ2v) is 4.89. The van der Waals surface area contributed by atoms with Gasteiger partial charge in [0.05, 0.1) is 10.1 Å². The van der Waals surface area contributed by atoms with Gasteiger partial charge in [-0.05, 0) is 35.8 Å². The molecule has 3 N–H and O–H groups in total. The molecule has 0 aromatic heterocycles. The van der Waals surface area contributed by atoms with Crippen molar-refractivity contribution in [3.63, 3.8) is 0 Å². The van der Waals surface area contributed by atoms with Crippen molar-refractivity contribution in [2.45, 2.75) is 26.0 Å². The molecule has 0 atom stereocenters. The number of benzene rings is 1. The minimum absolute atomic E-state index is 0.239. The number of rotatable bonds is 4. The van der Waals surface area contributed by atoms with Crippen LogP contribution in [0.2, 0.25) is 0 Å². The zero-order chi connectivity index (χ0) is 11.5. The van der Waals surface area contributed by atoms with E-state index in [-0.39, 0.29) is 6.61 Å². The van der Waals surface area contributed by atoms with Crippen LogP contribution in [0, 0.1) is 0 Å². The molecule has 0 saturated carbocycles. The number of aliphatic hydroxyl groups is 1. The highest BCUT2D eigenvalue weighted by Gasteiger charge is 2.15. The van der Waals surface area contributed by atoms with Gasteiger partial charge in [0.15, 0.2) is 0 Å². The van der Waals surface area contributed by atoms with E-state index < -0.39 is 5.60 Å². The molecule has 1 aromatic rings. The maximum Gasteiger partial charge on any atom is 0.138 e. The van der Waals surface area contributed by atoms with Crippen molar-refractivity contribution in [3.05, 3.63) is 28.2 Å². The van der Waals surface area contributed by atoms with Crippen LogP contribution in [0.25, 0.3) is 0 Å². The van der Waals surface area contributed by atoms with E-state index >= 15 is 0 Å². The predicted molar refractivity (Wildman–Crippen MR) is 63.8 cm³/mol. The largest absolute Gasteiger partial charge is 0.489 e. The van der Waals surface area contributed by atoms with Crippen molar-refractivity contribution in [3.8, 4) is 5.75 Å². The van der Waals surface area contributed by atoms with Crippen LogP contribution in [0.3, 0.4) is 0 Å². The van der Waals surface area contributed by atoms with E-state index in [0.29, 0.717) is 12.3 Å². The van der Waals surface area contributed by atoms with Gasteiger partial charge < -0.3 is 15.6 Å². The van der Waals surface area contributed by atoms with Gasteiger partial charge in [-0.1, -0.05) is 12.1 Å². The van der Waals surface area contributed by atoms with Gasteiger partial charge in [0.1, 0.15) is 12.4 Å². The summed E-state index contributed by atoms with van der Waals surface area (Å²) in [4.78, 5) is 0. The Morgan fingerprint density at radius 3 is 2.67 bits per heavy atom. The summed E-state index contributed by atoms with van der Waals surface area (Å²) in [6, 6.07) is 5.70. The second kappa shape index (κ2) is 4.96. The Hall–Kier alpha value is -0.580. The van der Waals surface area contributed by atoms with E-state index in [1.165, 1.54) is 0 Å². The fourth-order valence-corrected chi connectivity index (χ4v) is 1.65. The second-order valence-electron chi connectivity index (χ2n) is 4.03. The highest BCUT2D eigenvalue weighted by Crippen LogP contribution is 2.29. The highest BCUT2D eigenvalue weighted by molar-refractivity contribution is 9.10. The van der Waals surface area contributed by atoms with E-state index in [1.807, 2.05) is 18.2 Å². The number of hydrogen-bond acceptors (Lipinski definition) is 3. The Kier molecular flexibility index (Phi) is 4.13. The first-order valence-corrected chi connectivity index (χ1v) is 5.56. The van der Waals surface area contributed by atoms with Crippen molar-refractivity contribution in [1.29, 1.82) is 0 Å². The summed E-state index contributed by atoms with van der Waals surface area (Å²) in [5.74, 6) is 0.710. The Balaban J connectivity index is 2.83. The molecule has 4 heteroatoms. The minimum atomic E-state index is -0.846. The number of halogens is 1. The van der Waals surface area contributed by atoms with Crippen molar-refractivity contribution < 1.29 is 9.84 Å². The molecule has 0 saturated heterocycles. The summed E-state index contributed by atoms with van der Waals surface area (Å²) < 4.78 is 6.40. The number of ether oxygens (including phenoxy) is 1.